The highest BCUT2D eigenvalue weighted by Crippen LogP contribution is 2.06. The van der Waals surface area contributed by atoms with Gasteiger partial charge < -0.3 is 9.84 Å². The van der Waals surface area contributed by atoms with Gasteiger partial charge >= 0.3 is 5.97 Å². The molecule has 0 amide bonds. The highest BCUT2D eigenvalue weighted by atomic mass is 16.5. The fourth-order valence-corrected chi connectivity index (χ4v) is 1.87. The first-order valence-electron chi connectivity index (χ1n) is 6.63. The number of rotatable bonds is 9. The van der Waals surface area contributed by atoms with Crippen molar-refractivity contribution in [1.29, 1.82) is 0 Å². The summed E-state index contributed by atoms with van der Waals surface area (Å²) < 4.78 is 5.21. The van der Waals surface area contributed by atoms with Crippen molar-refractivity contribution in [2.24, 2.45) is 0 Å². The third-order valence-corrected chi connectivity index (χ3v) is 2.95. The van der Waals surface area contributed by atoms with Gasteiger partial charge in [-0.3, -0.25) is 9.88 Å². The van der Waals surface area contributed by atoms with E-state index in [2.05, 4.69) is 16.8 Å². The highest BCUT2D eigenvalue weighted by Gasteiger charge is 2.18. The quantitative estimate of drug-likeness (QED) is 0.738. The summed E-state index contributed by atoms with van der Waals surface area (Å²) in [6.07, 6.45) is 3.33. The van der Waals surface area contributed by atoms with Gasteiger partial charge in [0.15, 0.2) is 6.10 Å². The largest absolute Gasteiger partial charge is 0.479 e. The van der Waals surface area contributed by atoms with Crippen LogP contribution in [0.4, 0.5) is 0 Å². The average Bonchev–Trinajstić information content (AvgIpc) is 2.42. The smallest absolute Gasteiger partial charge is 0.332 e. The van der Waals surface area contributed by atoms with E-state index in [9.17, 15) is 4.79 Å². The Bertz CT molecular complexity index is 370. The SMILES string of the molecule is CCOC(CCN(CC)Cc1ccncc1)C(=O)O. The molecule has 1 aromatic heterocycles. The summed E-state index contributed by atoms with van der Waals surface area (Å²) >= 11 is 0. The normalized spacial score (nSPS) is 12.6. The van der Waals surface area contributed by atoms with E-state index >= 15 is 0 Å². The Morgan fingerprint density at radius 1 is 1.42 bits per heavy atom. The second kappa shape index (κ2) is 8.61. The van der Waals surface area contributed by atoms with Crippen LogP contribution in [0.15, 0.2) is 24.5 Å². The Balaban J connectivity index is 2.45. The molecule has 1 aromatic rings. The lowest BCUT2D eigenvalue weighted by Gasteiger charge is -2.22. The van der Waals surface area contributed by atoms with E-state index in [0.29, 0.717) is 19.6 Å². The van der Waals surface area contributed by atoms with Gasteiger partial charge in [-0.05, 0) is 37.6 Å². The van der Waals surface area contributed by atoms with Crippen molar-refractivity contribution < 1.29 is 14.6 Å². The van der Waals surface area contributed by atoms with Crippen LogP contribution in [0.2, 0.25) is 0 Å². The van der Waals surface area contributed by atoms with Crippen LogP contribution in [0.5, 0.6) is 0 Å². The Morgan fingerprint density at radius 3 is 2.63 bits per heavy atom. The second-order valence-electron chi connectivity index (χ2n) is 4.30. The number of aliphatic carboxylic acids is 1. The summed E-state index contributed by atoms with van der Waals surface area (Å²) in [7, 11) is 0. The van der Waals surface area contributed by atoms with E-state index in [-0.39, 0.29) is 0 Å². The van der Waals surface area contributed by atoms with Gasteiger partial charge in [-0.1, -0.05) is 6.92 Å². The summed E-state index contributed by atoms with van der Waals surface area (Å²) in [5.74, 6) is -0.887. The number of hydrogen-bond acceptors (Lipinski definition) is 4. The summed E-state index contributed by atoms with van der Waals surface area (Å²) in [5.41, 5.74) is 1.18. The zero-order valence-electron chi connectivity index (χ0n) is 11.6. The van der Waals surface area contributed by atoms with Crippen LogP contribution in [0.25, 0.3) is 0 Å². The Labute approximate surface area is 114 Å². The molecule has 1 N–H and O–H groups in total. The number of ether oxygens (including phenoxy) is 1. The lowest BCUT2D eigenvalue weighted by atomic mass is 10.2. The molecular formula is C14H22N2O3. The molecule has 5 heteroatoms. The molecule has 0 bridgehead atoms. The second-order valence-corrected chi connectivity index (χ2v) is 4.30. The van der Waals surface area contributed by atoms with Gasteiger partial charge in [0.2, 0.25) is 0 Å². The standard InChI is InChI=1S/C14H22N2O3/c1-3-16(11-12-5-8-15-9-6-12)10-7-13(14(17)18)19-4-2/h5-6,8-9,13H,3-4,7,10-11H2,1-2H3,(H,17,18). The van der Waals surface area contributed by atoms with Crippen LogP contribution in [0, 0.1) is 0 Å². The molecule has 0 radical (unpaired) electrons. The lowest BCUT2D eigenvalue weighted by Crippen LogP contribution is -2.31. The van der Waals surface area contributed by atoms with Crippen molar-refractivity contribution >= 4 is 5.97 Å². The average molecular weight is 266 g/mol. The molecular weight excluding hydrogens is 244 g/mol. The molecule has 0 spiro atoms. The van der Waals surface area contributed by atoms with E-state index in [4.69, 9.17) is 9.84 Å². The lowest BCUT2D eigenvalue weighted by molar-refractivity contribution is -0.150. The molecule has 106 valence electrons. The summed E-state index contributed by atoms with van der Waals surface area (Å²) in [5, 5.41) is 9.03. The molecule has 0 aromatic carbocycles. The van der Waals surface area contributed by atoms with Gasteiger partial charge in [-0.2, -0.15) is 0 Å². The van der Waals surface area contributed by atoms with Gasteiger partial charge in [0, 0.05) is 32.1 Å². The predicted molar refractivity (Wildman–Crippen MR) is 72.9 cm³/mol. The molecule has 0 aliphatic carbocycles. The van der Waals surface area contributed by atoms with Crippen LogP contribution < -0.4 is 0 Å². The van der Waals surface area contributed by atoms with Crippen molar-refractivity contribution in [1.82, 2.24) is 9.88 Å². The maximum Gasteiger partial charge on any atom is 0.332 e. The van der Waals surface area contributed by atoms with E-state index in [1.165, 1.54) is 5.56 Å². The first kappa shape index (κ1) is 15.6. The van der Waals surface area contributed by atoms with Crippen LogP contribution in [-0.2, 0) is 16.1 Å². The Kier molecular flexibility index (Phi) is 7.07. The van der Waals surface area contributed by atoms with Gasteiger partial charge in [0.05, 0.1) is 0 Å². The van der Waals surface area contributed by atoms with Crippen molar-refractivity contribution in [2.45, 2.75) is 32.9 Å². The Hall–Kier alpha value is -1.46. The molecule has 0 aliphatic heterocycles. The summed E-state index contributed by atoms with van der Waals surface area (Å²) in [6, 6.07) is 3.94. The summed E-state index contributed by atoms with van der Waals surface area (Å²) in [6.45, 7) is 6.68. The minimum absolute atomic E-state index is 0.424. The molecule has 1 unspecified atom stereocenters. The number of nitrogens with zero attached hydrogens (tertiary/aromatic N) is 2. The minimum Gasteiger partial charge on any atom is -0.479 e. The zero-order chi connectivity index (χ0) is 14.1. The number of hydrogen-bond donors (Lipinski definition) is 1. The molecule has 5 nitrogen and oxygen atoms in total. The van der Waals surface area contributed by atoms with Crippen LogP contribution in [0.3, 0.4) is 0 Å². The van der Waals surface area contributed by atoms with Crippen molar-refractivity contribution in [3.8, 4) is 0 Å². The van der Waals surface area contributed by atoms with E-state index in [1.807, 2.05) is 19.1 Å². The van der Waals surface area contributed by atoms with Gasteiger partial charge in [0.1, 0.15) is 0 Å². The highest BCUT2D eigenvalue weighted by molar-refractivity contribution is 5.72. The summed E-state index contributed by atoms with van der Waals surface area (Å²) in [4.78, 5) is 17.2. The minimum atomic E-state index is -0.887. The number of carbonyl (C=O) groups is 1. The topological polar surface area (TPSA) is 62.7 Å². The Morgan fingerprint density at radius 2 is 2.11 bits per heavy atom. The van der Waals surface area contributed by atoms with Crippen molar-refractivity contribution in [3.63, 3.8) is 0 Å². The maximum atomic E-state index is 11.0. The van der Waals surface area contributed by atoms with Crippen LogP contribution in [0.1, 0.15) is 25.8 Å². The van der Waals surface area contributed by atoms with E-state index < -0.39 is 12.1 Å². The molecule has 1 rings (SSSR count). The number of aromatic nitrogens is 1. The first-order chi connectivity index (χ1) is 9.17. The third kappa shape index (κ3) is 5.81. The predicted octanol–water partition coefficient (Wildman–Crippen LogP) is 1.78. The molecule has 19 heavy (non-hydrogen) atoms. The maximum absolute atomic E-state index is 11.0. The van der Waals surface area contributed by atoms with Crippen LogP contribution >= 0.6 is 0 Å². The molecule has 1 atom stereocenters. The monoisotopic (exact) mass is 266 g/mol. The number of carboxylic acids is 1. The number of pyridine rings is 1. The van der Waals surface area contributed by atoms with E-state index in [0.717, 1.165) is 13.1 Å². The molecule has 0 saturated heterocycles. The molecule has 0 fully saturated rings. The van der Waals surface area contributed by atoms with Crippen molar-refractivity contribution in [3.05, 3.63) is 30.1 Å². The fourth-order valence-electron chi connectivity index (χ4n) is 1.87. The third-order valence-electron chi connectivity index (χ3n) is 2.95. The first-order valence-corrected chi connectivity index (χ1v) is 6.63. The zero-order valence-corrected chi connectivity index (χ0v) is 11.6. The number of carboxylic acid groups (broad SMARTS) is 1. The molecule has 0 aliphatic rings. The van der Waals surface area contributed by atoms with Crippen molar-refractivity contribution in [2.75, 3.05) is 19.7 Å². The molecule has 0 saturated carbocycles. The van der Waals surface area contributed by atoms with Crippen LogP contribution in [-0.4, -0.2) is 46.8 Å². The fraction of sp³-hybridized carbons (Fsp3) is 0.571. The van der Waals surface area contributed by atoms with Gasteiger partial charge in [-0.25, -0.2) is 4.79 Å². The molecule has 1 heterocycles. The van der Waals surface area contributed by atoms with Gasteiger partial charge in [-0.15, -0.1) is 0 Å². The van der Waals surface area contributed by atoms with Gasteiger partial charge in [0.25, 0.3) is 0 Å². The van der Waals surface area contributed by atoms with E-state index in [1.54, 1.807) is 12.4 Å².